The zero-order chi connectivity index (χ0) is 14.0. The maximum atomic E-state index is 10.9. The molecule has 0 saturated heterocycles. The van der Waals surface area contributed by atoms with E-state index in [1.807, 2.05) is 20.8 Å². The Balaban J connectivity index is 2.14. The van der Waals surface area contributed by atoms with Gasteiger partial charge in [-0.3, -0.25) is 0 Å². The molecule has 0 aliphatic carbocycles. The fourth-order valence-electron chi connectivity index (χ4n) is 1.63. The Labute approximate surface area is 115 Å². The van der Waals surface area contributed by atoms with Crippen LogP contribution in [0.1, 0.15) is 31.5 Å². The minimum Gasteiger partial charge on any atom is -0.486 e. The second-order valence-electron chi connectivity index (χ2n) is 4.32. The molecule has 0 unspecified atom stereocenters. The van der Waals surface area contributed by atoms with Crippen LogP contribution in [0.25, 0.3) is 0 Å². The maximum Gasteiger partial charge on any atom is 0.335 e. The molecule has 0 radical (unpaired) electrons. The van der Waals surface area contributed by atoms with Crippen molar-refractivity contribution in [2.75, 3.05) is 0 Å². The summed E-state index contributed by atoms with van der Waals surface area (Å²) in [6.07, 6.45) is 0. The third kappa shape index (κ3) is 3.12. The van der Waals surface area contributed by atoms with Crippen molar-refractivity contribution in [1.82, 2.24) is 4.98 Å². The van der Waals surface area contributed by atoms with Crippen LogP contribution >= 0.6 is 11.3 Å². The van der Waals surface area contributed by atoms with Crippen LogP contribution in [-0.4, -0.2) is 16.1 Å². The van der Waals surface area contributed by atoms with Gasteiger partial charge in [0.2, 0.25) is 0 Å². The quantitative estimate of drug-likeness (QED) is 0.931. The summed E-state index contributed by atoms with van der Waals surface area (Å²) in [5.74, 6) is -0.365. The molecular formula is C14H15NO3S. The number of hydrogen-bond acceptors (Lipinski definition) is 4. The lowest BCUT2D eigenvalue weighted by Gasteiger charge is -2.08. The number of benzene rings is 1. The number of carbonyl (C=O) groups is 1. The van der Waals surface area contributed by atoms with Gasteiger partial charge in [0.1, 0.15) is 17.4 Å². The van der Waals surface area contributed by atoms with Crippen LogP contribution in [0.3, 0.4) is 0 Å². The van der Waals surface area contributed by atoms with Crippen LogP contribution < -0.4 is 4.74 Å². The average molecular weight is 277 g/mol. The Morgan fingerprint density at radius 2 is 2.11 bits per heavy atom. The van der Waals surface area contributed by atoms with Crippen molar-refractivity contribution in [2.45, 2.75) is 27.4 Å². The van der Waals surface area contributed by atoms with Crippen molar-refractivity contribution in [1.29, 1.82) is 0 Å². The summed E-state index contributed by atoms with van der Waals surface area (Å²) < 4.78 is 5.67. The van der Waals surface area contributed by atoms with Crippen LogP contribution in [0.5, 0.6) is 5.75 Å². The summed E-state index contributed by atoms with van der Waals surface area (Å²) >= 11 is 1.60. The zero-order valence-electron chi connectivity index (χ0n) is 11.1. The number of aromatic carboxylic acids is 1. The molecule has 0 aliphatic rings. The Bertz CT molecular complexity index is 600. The topological polar surface area (TPSA) is 59.4 Å². The highest BCUT2D eigenvalue weighted by atomic mass is 32.1. The van der Waals surface area contributed by atoms with E-state index in [2.05, 4.69) is 4.98 Å². The van der Waals surface area contributed by atoms with Gasteiger partial charge in [0.05, 0.1) is 11.3 Å². The molecule has 1 aromatic heterocycles. The summed E-state index contributed by atoms with van der Waals surface area (Å²) in [7, 11) is 0. The molecule has 0 spiro atoms. The Morgan fingerprint density at radius 1 is 1.37 bits per heavy atom. The molecule has 100 valence electrons. The number of rotatable bonds is 4. The number of carboxylic acid groups (broad SMARTS) is 1. The molecule has 1 aromatic carbocycles. The van der Waals surface area contributed by atoms with E-state index in [4.69, 9.17) is 9.84 Å². The second kappa shape index (κ2) is 5.40. The van der Waals surface area contributed by atoms with Gasteiger partial charge in [-0.05, 0) is 38.5 Å². The smallest absolute Gasteiger partial charge is 0.335 e. The van der Waals surface area contributed by atoms with Crippen LogP contribution in [-0.2, 0) is 6.61 Å². The minimum atomic E-state index is -0.953. The average Bonchev–Trinajstić information content (AvgIpc) is 2.67. The third-order valence-corrected chi connectivity index (χ3v) is 3.91. The molecule has 0 bridgehead atoms. The van der Waals surface area contributed by atoms with E-state index in [0.717, 1.165) is 16.3 Å². The Kier molecular flexibility index (Phi) is 3.85. The van der Waals surface area contributed by atoms with E-state index >= 15 is 0 Å². The first-order chi connectivity index (χ1) is 8.97. The lowest BCUT2D eigenvalue weighted by atomic mass is 10.1. The first-order valence-electron chi connectivity index (χ1n) is 5.87. The largest absolute Gasteiger partial charge is 0.486 e. The van der Waals surface area contributed by atoms with Crippen molar-refractivity contribution in [3.8, 4) is 5.75 Å². The van der Waals surface area contributed by atoms with Crippen molar-refractivity contribution < 1.29 is 14.6 Å². The van der Waals surface area contributed by atoms with Gasteiger partial charge in [0, 0.05) is 4.88 Å². The van der Waals surface area contributed by atoms with Crippen LogP contribution in [0.15, 0.2) is 18.2 Å². The molecule has 5 heteroatoms. The number of thiazole rings is 1. The number of aryl methyl sites for hydroxylation is 3. The standard InChI is InChI=1S/C14H15NO3S/c1-8-4-5-11(14(16)17)6-12(8)18-7-13-15-9(2)10(3)19-13/h4-6H,7H2,1-3H3,(H,16,17). The molecule has 0 fully saturated rings. The fourth-order valence-corrected chi connectivity index (χ4v) is 2.48. The Morgan fingerprint density at radius 3 is 2.68 bits per heavy atom. The molecule has 0 saturated carbocycles. The summed E-state index contributed by atoms with van der Waals surface area (Å²) in [6.45, 7) is 6.24. The van der Waals surface area contributed by atoms with Gasteiger partial charge in [-0.2, -0.15) is 0 Å². The van der Waals surface area contributed by atoms with Crippen LogP contribution in [0.2, 0.25) is 0 Å². The van der Waals surface area contributed by atoms with Gasteiger partial charge >= 0.3 is 5.97 Å². The summed E-state index contributed by atoms with van der Waals surface area (Å²) in [5.41, 5.74) is 2.15. The highest BCUT2D eigenvalue weighted by Gasteiger charge is 2.09. The van der Waals surface area contributed by atoms with E-state index in [1.165, 1.54) is 4.88 Å². The molecule has 1 heterocycles. The van der Waals surface area contributed by atoms with Gasteiger partial charge < -0.3 is 9.84 Å². The van der Waals surface area contributed by atoms with Crippen LogP contribution in [0, 0.1) is 20.8 Å². The summed E-state index contributed by atoms with van der Waals surface area (Å²) in [5, 5.41) is 9.86. The SMILES string of the molecule is Cc1ccc(C(=O)O)cc1OCc1nc(C)c(C)s1. The maximum absolute atomic E-state index is 10.9. The van der Waals surface area contributed by atoms with Crippen molar-refractivity contribution >= 4 is 17.3 Å². The molecule has 2 rings (SSSR count). The fraction of sp³-hybridized carbons (Fsp3) is 0.286. The predicted octanol–water partition coefficient (Wildman–Crippen LogP) is 3.35. The van der Waals surface area contributed by atoms with Crippen molar-refractivity contribution in [3.05, 3.63) is 44.9 Å². The lowest BCUT2D eigenvalue weighted by Crippen LogP contribution is -2.00. The highest BCUT2D eigenvalue weighted by molar-refractivity contribution is 7.11. The van der Waals surface area contributed by atoms with E-state index in [1.54, 1.807) is 29.5 Å². The van der Waals surface area contributed by atoms with Crippen LogP contribution in [0.4, 0.5) is 0 Å². The first-order valence-corrected chi connectivity index (χ1v) is 6.68. The molecule has 4 nitrogen and oxygen atoms in total. The van der Waals surface area contributed by atoms with Gasteiger partial charge in [0.15, 0.2) is 0 Å². The third-order valence-electron chi connectivity index (χ3n) is 2.86. The molecule has 19 heavy (non-hydrogen) atoms. The van der Waals surface area contributed by atoms with Crippen molar-refractivity contribution in [2.24, 2.45) is 0 Å². The molecular weight excluding hydrogens is 262 g/mol. The number of ether oxygens (including phenoxy) is 1. The van der Waals surface area contributed by atoms with E-state index in [9.17, 15) is 4.79 Å². The summed E-state index contributed by atoms with van der Waals surface area (Å²) in [4.78, 5) is 16.5. The second-order valence-corrected chi connectivity index (χ2v) is 5.61. The lowest BCUT2D eigenvalue weighted by molar-refractivity contribution is 0.0696. The molecule has 0 amide bonds. The highest BCUT2D eigenvalue weighted by Crippen LogP contribution is 2.23. The van der Waals surface area contributed by atoms with E-state index < -0.39 is 5.97 Å². The van der Waals surface area contributed by atoms with Gasteiger partial charge in [-0.15, -0.1) is 11.3 Å². The van der Waals surface area contributed by atoms with Crippen molar-refractivity contribution in [3.63, 3.8) is 0 Å². The van der Waals surface area contributed by atoms with E-state index in [0.29, 0.717) is 12.4 Å². The summed E-state index contributed by atoms with van der Waals surface area (Å²) in [6, 6.07) is 4.87. The number of carboxylic acids is 1. The van der Waals surface area contributed by atoms with Gasteiger partial charge in [-0.1, -0.05) is 6.07 Å². The molecule has 0 atom stereocenters. The van der Waals surface area contributed by atoms with Gasteiger partial charge in [-0.25, -0.2) is 9.78 Å². The zero-order valence-corrected chi connectivity index (χ0v) is 11.9. The van der Waals surface area contributed by atoms with E-state index in [-0.39, 0.29) is 5.56 Å². The molecule has 0 aliphatic heterocycles. The molecule has 1 N–H and O–H groups in total. The number of hydrogen-bond donors (Lipinski definition) is 1. The Hall–Kier alpha value is -1.88. The minimum absolute atomic E-state index is 0.229. The first kappa shape index (κ1) is 13.5. The normalized spacial score (nSPS) is 10.5. The number of aromatic nitrogens is 1. The molecule has 2 aromatic rings. The number of nitrogens with zero attached hydrogens (tertiary/aromatic N) is 1. The monoisotopic (exact) mass is 277 g/mol. The predicted molar refractivity (Wildman–Crippen MR) is 74.1 cm³/mol. The van der Waals surface area contributed by atoms with Gasteiger partial charge in [0.25, 0.3) is 0 Å².